The van der Waals surface area contributed by atoms with E-state index in [1.807, 2.05) is 24.3 Å². The second-order valence-electron chi connectivity index (χ2n) is 6.25. The van der Waals surface area contributed by atoms with Crippen LogP contribution >= 0.6 is 0 Å². The van der Waals surface area contributed by atoms with E-state index in [1.165, 1.54) is 47.2 Å². The lowest BCUT2D eigenvalue weighted by Crippen LogP contribution is -2.43. The van der Waals surface area contributed by atoms with Crippen molar-refractivity contribution in [1.82, 2.24) is 9.62 Å². The van der Waals surface area contributed by atoms with E-state index < -0.39 is 16.1 Å². The van der Waals surface area contributed by atoms with Crippen molar-refractivity contribution in [3.8, 4) is 0 Å². The first-order valence-electron chi connectivity index (χ1n) is 8.36. The summed E-state index contributed by atoms with van der Waals surface area (Å²) in [7, 11) is -3.98. The Morgan fingerprint density at radius 1 is 0.923 bits per heavy atom. The number of benzene rings is 2. The summed E-state index contributed by atoms with van der Waals surface area (Å²) in [5.41, 5.74) is 2.79. The average molecular weight is 372 g/mol. The Bertz CT molecular complexity index is 909. The molecule has 0 aliphatic carbocycles. The van der Waals surface area contributed by atoms with E-state index in [2.05, 4.69) is 4.72 Å². The predicted molar refractivity (Wildman–Crippen MR) is 97.6 cm³/mol. The number of carbonyl (C=O) groups is 2. The highest BCUT2D eigenvalue weighted by Gasteiger charge is 2.23. The van der Waals surface area contributed by atoms with Crippen LogP contribution in [0.25, 0.3) is 0 Å². The molecule has 2 amide bonds. The van der Waals surface area contributed by atoms with Crippen LogP contribution in [0, 0.1) is 0 Å². The summed E-state index contributed by atoms with van der Waals surface area (Å²) in [6.07, 6.45) is 1.38. The summed E-state index contributed by atoms with van der Waals surface area (Å²) in [4.78, 5) is 25.2. The SMILES string of the molecule is CC(=O)c1ccc(S(=O)(=O)NC(=O)N2CCc3ccccc3CC2)cc1. The highest BCUT2D eigenvalue weighted by Crippen LogP contribution is 2.16. The van der Waals surface area contributed by atoms with Gasteiger partial charge in [0.25, 0.3) is 10.0 Å². The molecule has 6 nitrogen and oxygen atoms in total. The number of hydrogen-bond acceptors (Lipinski definition) is 4. The number of rotatable bonds is 3. The second-order valence-corrected chi connectivity index (χ2v) is 7.93. The number of ketones is 1. The summed E-state index contributed by atoms with van der Waals surface area (Å²) in [6, 6.07) is 12.9. The zero-order valence-electron chi connectivity index (χ0n) is 14.4. The van der Waals surface area contributed by atoms with E-state index >= 15 is 0 Å². The molecule has 2 aromatic rings. The molecule has 0 radical (unpaired) electrons. The fourth-order valence-electron chi connectivity index (χ4n) is 2.98. The molecule has 0 atom stereocenters. The summed E-state index contributed by atoms with van der Waals surface area (Å²) >= 11 is 0. The van der Waals surface area contributed by atoms with Crippen LogP contribution in [-0.2, 0) is 22.9 Å². The van der Waals surface area contributed by atoms with Crippen molar-refractivity contribution in [3.63, 3.8) is 0 Å². The van der Waals surface area contributed by atoms with Gasteiger partial charge in [-0.2, -0.15) is 0 Å². The van der Waals surface area contributed by atoms with E-state index in [4.69, 9.17) is 0 Å². The van der Waals surface area contributed by atoms with Crippen LogP contribution in [0.2, 0.25) is 0 Å². The molecule has 7 heteroatoms. The van der Waals surface area contributed by atoms with Crippen molar-refractivity contribution < 1.29 is 18.0 Å². The van der Waals surface area contributed by atoms with Gasteiger partial charge in [-0.3, -0.25) is 4.79 Å². The van der Waals surface area contributed by atoms with Gasteiger partial charge in [0.05, 0.1) is 4.90 Å². The maximum atomic E-state index is 12.4. The van der Waals surface area contributed by atoms with Crippen LogP contribution in [0.3, 0.4) is 0 Å². The Morgan fingerprint density at radius 3 is 1.96 bits per heavy atom. The van der Waals surface area contributed by atoms with E-state index in [0.29, 0.717) is 31.5 Å². The van der Waals surface area contributed by atoms with Gasteiger partial charge in [0.15, 0.2) is 5.78 Å². The highest BCUT2D eigenvalue weighted by atomic mass is 32.2. The number of Topliss-reactive ketones (excluding diaryl/α,β-unsaturated/α-hetero) is 1. The lowest BCUT2D eigenvalue weighted by atomic mass is 10.0. The minimum atomic E-state index is -3.98. The monoisotopic (exact) mass is 372 g/mol. The molecule has 136 valence electrons. The zero-order valence-corrected chi connectivity index (χ0v) is 15.3. The van der Waals surface area contributed by atoms with Crippen LogP contribution in [0.1, 0.15) is 28.4 Å². The molecule has 26 heavy (non-hydrogen) atoms. The molecule has 0 unspecified atom stereocenters. The maximum Gasteiger partial charge on any atom is 0.331 e. The summed E-state index contributed by atoms with van der Waals surface area (Å²) in [5, 5.41) is 0. The highest BCUT2D eigenvalue weighted by molar-refractivity contribution is 7.90. The first-order valence-corrected chi connectivity index (χ1v) is 9.84. The minimum Gasteiger partial charge on any atom is -0.323 e. The second kappa shape index (κ2) is 7.29. The standard InChI is InChI=1S/C19H20N2O4S/c1-14(22)15-6-8-18(9-7-15)26(24,25)20-19(23)21-12-10-16-4-2-3-5-17(16)11-13-21/h2-9H,10-13H2,1H3,(H,20,23). The van der Waals surface area contributed by atoms with Crippen molar-refractivity contribution in [3.05, 3.63) is 65.2 Å². The van der Waals surface area contributed by atoms with Crippen LogP contribution in [0.5, 0.6) is 0 Å². The van der Waals surface area contributed by atoms with E-state index in [9.17, 15) is 18.0 Å². The van der Waals surface area contributed by atoms with E-state index in [0.717, 1.165) is 0 Å². The zero-order chi connectivity index (χ0) is 18.7. The van der Waals surface area contributed by atoms with Gasteiger partial charge in [0.2, 0.25) is 0 Å². The molecule has 3 rings (SSSR count). The van der Waals surface area contributed by atoms with Gasteiger partial charge in [-0.15, -0.1) is 0 Å². The molecule has 0 saturated carbocycles. The lowest BCUT2D eigenvalue weighted by molar-refractivity contribution is 0.101. The molecule has 1 aliphatic rings. The first kappa shape index (κ1) is 18.1. The molecule has 1 aliphatic heterocycles. The third-order valence-electron chi connectivity index (χ3n) is 4.50. The molecule has 0 saturated heterocycles. The van der Waals surface area contributed by atoms with Gasteiger partial charge in [-0.25, -0.2) is 17.9 Å². The van der Waals surface area contributed by atoms with Gasteiger partial charge in [0, 0.05) is 18.7 Å². The Balaban J connectivity index is 1.70. The number of nitrogens with one attached hydrogen (secondary N) is 1. The molecular formula is C19H20N2O4S. The fourth-order valence-corrected chi connectivity index (χ4v) is 3.95. The largest absolute Gasteiger partial charge is 0.331 e. The van der Waals surface area contributed by atoms with Gasteiger partial charge < -0.3 is 4.90 Å². The number of urea groups is 1. The van der Waals surface area contributed by atoms with Gasteiger partial charge in [-0.05, 0) is 43.0 Å². The molecular weight excluding hydrogens is 352 g/mol. The number of sulfonamides is 1. The van der Waals surface area contributed by atoms with Gasteiger partial charge >= 0.3 is 6.03 Å². The van der Waals surface area contributed by atoms with Crippen molar-refractivity contribution >= 4 is 21.8 Å². The molecule has 1 N–H and O–H groups in total. The Hall–Kier alpha value is -2.67. The Labute approximate surface area is 152 Å². The normalized spacial score (nSPS) is 14.3. The molecule has 0 aromatic heterocycles. The van der Waals surface area contributed by atoms with Crippen LogP contribution < -0.4 is 4.72 Å². The predicted octanol–water partition coefficient (Wildman–Crippen LogP) is 2.39. The summed E-state index contributed by atoms with van der Waals surface area (Å²) in [6.45, 7) is 2.33. The minimum absolute atomic E-state index is 0.0473. The topological polar surface area (TPSA) is 83.5 Å². The van der Waals surface area contributed by atoms with Crippen molar-refractivity contribution in [2.75, 3.05) is 13.1 Å². The number of nitrogens with zero attached hydrogens (tertiary/aromatic N) is 1. The maximum absolute atomic E-state index is 12.4. The molecule has 1 heterocycles. The van der Waals surface area contributed by atoms with E-state index in [-0.39, 0.29) is 10.7 Å². The van der Waals surface area contributed by atoms with Crippen molar-refractivity contribution in [2.45, 2.75) is 24.7 Å². The van der Waals surface area contributed by atoms with Crippen LogP contribution in [0.4, 0.5) is 4.79 Å². The van der Waals surface area contributed by atoms with Gasteiger partial charge in [-0.1, -0.05) is 36.4 Å². The summed E-state index contributed by atoms with van der Waals surface area (Å²) < 4.78 is 27.0. The number of fused-ring (bicyclic) bond motifs is 1. The quantitative estimate of drug-likeness (QED) is 0.839. The number of hydrogen-bond donors (Lipinski definition) is 1. The van der Waals surface area contributed by atoms with Crippen LogP contribution in [0.15, 0.2) is 53.4 Å². The molecule has 0 fully saturated rings. The van der Waals surface area contributed by atoms with Crippen LogP contribution in [-0.4, -0.2) is 38.2 Å². The molecule has 0 spiro atoms. The molecule has 0 bridgehead atoms. The fraction of sp³-hybridized carbons (Fsp3) is 0.263. The number of amides is 2. The van der Waals surface area contributed by atoms with Crippen molar-refractivity contribution in [2.24, 2.45) is 0 Å². The Kier molecular flexibility index (Phi) is 5.08. The van der Waals surface area contributed by atoms with E-state index in [1.54, 1.807) is 0 Å². The number of carbonyl (C=O) groups excluding carboxylic acids is 2. The smallest absolute Gasteiger partial charge is 0.323 e. The molecule has 2 aromatic carbocycles. The van der Waals surface area contributed by atoms with Crippen molar-refractivity contribution in [1.29, 1.82) is 0 Å². The van der Waals surface area contributed by atoms with Gasteiger partial charge in [0.1, 0.15) is 0 Å². The third-order valence-corrected chi connectivity index (χ3v) is 5.84. The summed E-state index contributed by atoms with van der Waals surface area (Å²) in [5.74, 6) is -0.151. The lowest BCUT2D eigenvalue weighted by Gasteiger charge is -2.20. The Morgan fingerprint density at radius 2 is 1.46 bits per heavy atom. The average Bonchev–Trinajstić information content (AvgIpc) is 2.84. The third kappa shape index (κ3) is 3.94. The first-order chi connectivity index (χ1) is 12.4.